The third kappa shape index (κ3) is 2.42. The molecule has 106 valence electrons. The fraction of sp³-hybridized carbons (Fsp3) is 0.308. The predicted molar refractivity (Wildman–Crippen MR) is 69.9 cm³/mol. The minimum absolute atomic E-state index is 0.00182. The summed E-state index contributed by atoms with van der Waals surface area (Å²) in [5.41, 5.74) is 0.447. The molecule has 0 radical (unpaired) electrons. The van der Waals surface area contributed by atoms with E-state index in [1.807, 2.05) is 0 Å². The standard InChI is InChI=1S/C13H14N2O5/c1-14-6-12(17)15(7-11(14)16)8-3-4-9(13(18)19)10(5-8)20-2/h3-5H,6-7H2,1-2H3,(H,18,19). The van der Waals surface area contributed by atoms with E-state index in [1.54, 1.807) is 7.05 Å². The highest BCUT2D eigenvalue weighted by Crippen LogP contribution is 2.26. The van der Waals surface area contributed by atoms with Crippen LogP contribution in [-0.4, -0.2) is 55.0 Å². The lowest BCUT2D eigenvalue weighted by molar-refractivity contribution is -0.136. The molecule has 1 aliphatic rings. The van der Waals surface area contributed by atoms with Gasteiger partial charge in [-0.25, -0.2) is 4.79 Å². The summed E-state index contributed by atoms with van der Waals surface area (Å²) in [6, 6.07) is 4.29. The van der Waals surface area contributed by atoms with Crippen molar-refractivity contribution in [3.63, 3.8) is 0 Å². The van der Waals surface area contributed by atoms with Crippen LogP contribution in [0.2, 0.25) is 0 Å². The smallest absolute Gasteiger partial charge is 0.339 e. The molecule has 0 spiro atoms. The van der Waals surface area contributed by atoms with Crippen molar-refractivity contribution < 1.29 is 24.2 Å². The fourth-order valence-electron chi connectivity index (χ4n) is 1.98. The highest BCUT2D eigenvalue weighted by molar-refractivity contribution is 6.05. The van der Waals surface area contributed by atoms with Gasteiger partial charge in [-0.05, 0) is 12.1 Å². The number of methoxy groups -OCH3 is 1. The minimum atomic E-state index is -1.12. The van der Waals surface area contributed by atoms with Crippen LogP contribution in [-0.2, 0) is 9.59 Å². The first-order valence-electron chi connectivity index (χ1n) is 5.89. The Hall–Kier alpha value is -2.57. The van der Waals surface area contributed by atoms with Crippen LogP contribution in [0.1, 0.15) is 10.4 Å². The molecule has 1 fully saturated rings. The summed E-state index contributed by atoms with van der Waals surface area (Å²) >= 11 is 0. The van der Waals surface area contributed by atoms with E-state index in [4.69, 9.17) is 9.84 Å². The molecule has 1 aromatic carbocycles. The number of likely N-dealkylation sites (N-methyl/N-ethyl adjacent to an activating group) is 1. The number of benzene rings is 1. The fourth-order valence-corrected chi connectivity index (χ4v) is 1.98. The third-order valence-electron chi connectivity index (χ3n) is 3.12. The van der Waals surface area contributed by atoms with Gasteiger partial charge in [-0.1, -0.05) is 0 Å². The number of ether oxygens (including phenoxy) is 1. The van der Waals surface area contributed by atoms with Crippen LogP contribution in [0, 0.1) is 0 Å². The molecule has 1 aliphatic heterocycles. The van der Waals surface area contributed by atoms with Gasteiger partial charge < -0.3 is 19.6 Å². The molecule has 1 saturated heterocycles. The van der Waals surface area contributed by atoms with Crippen LogP contribution in [0.25, 0.3) is 0 Å². The number of rotatable bonds is 3. The Balaban J connectivity index is 2.36. The summed E-state index contributed by atoms with van der Waals surface area (Å²) in [7, 11) is 2.91. The topological polar surface area (TPSA) is 87.2 Å². The summed E-state index contributed by atoms with van der Waals surface area (Å²) in [6.45, 7) is -0.0628. The first-order valence-corrected chi connectivity index (χ1v) is 5.89. The van der Waals surface area contributed by atoms with Gasteiger partial charge in [-0.3, -0.25) is 9.59 Å². The minimum Gasteiger partial charge on any atom is -0.496 e. The summed E-state index contributed by atoms with van der Waals surface area (Å²) in [4.78, 5) is 37.3. The maximum Gasteiger partial charge on any atom is 0.339 e. The Morgan fingerprint density at radius 3 is 2.55 bits per heavy atom. The van der Waals surface area contributed by atoms with Crippen molar-refractivity contribution in [3.8, 4) is 5.75 Å². The van der Waals surface area contributed by atoms with E-state index in [2.05, 4.69) is 0 Å². The Morgan fingerprint density at radius 2 is 1.95 bits per heavy atom. The van der Waals surface area contributed by atoms with Crippen molar-refractivity contribution in [1.29, 1.82) is 0 Å². The summed E-state index contributed by atoms with van der Waals surface area (Å²) in [5.74, 6) is -1.37. The lowest BCUT2D eigenvalue weighted by atomic mass is 10.1. The van der Waals surface area contributed by atoms with E-state index in [1.165, 1.54) is 35.1 Å². The van der Waals surface area contributed by atoms with Crippen LogP contribution in [0.3, 0.4) is 0 Å². The number of aromatic carboxylic acids is 1. The van der Waals surface area contributed by atoms with E-state index < -0.39 is 5.97 Å². The maximum atomic E-state index is 11.9. The van der Waals surface area contributed by atoms with E-state index in [9.17, 15) is 14.4 Å². The third-order valence-corrected chi connectivity index (χ3v) is 3.12. The largest absolute Gasteiger partial charge is 0.496 e. The highest BCUT2D eigenvalue weighted by atomic mass is 16.5. The quantitative estimate of drug-likeness (QED) is 0.853. The van der Waals surface area contributed by atoms with Crippen molar-refractivity contribution >= 4 is 23.5 Å². The van der Waals surface area contributed by atoms with Gasteiger partial charge in [0, 0.05) is 18.8 Å². The van der Waals surface area contributed by atoms with Crippen molar-refractivity contribution in [1.82, 2.24) is 4.90 Å². The summed E-state index contributed by atoms with van der Waals surface area (Å²) < 4.78 is 5.01. The van der Waals surface area contributed by atoms with E-state index >= 15 is 0 Å². The second-order valence-corrected chi connectivity index (χ2v) is 4.42. The molecule has 1 aromatic rings. The van der Waals surface area contributed by atoms with Gasteiger partial charge in [0.2, 0.25) is 11.8 Å². The molecule has 0 aliphatic carbocycles. The van der Waals surface area contributed by atoms with Crippen LogP contribution >= 0.6 is 0 Å². The summed E-state index contributed by atoms with van der Waals surface area (Å²) in [5, 5.41) is 9.01. The molecule has 0 unspecified atom stereocenters. The molecule has 20 heavy (non-hydrogen) atoms. The number of carboxylic acids is 1. The molecule has 7 nitrogen and oxygen atoms in total. The van der Waals surface area contributed by atoms with Crippen LogP contribution in [0.4, 0.5) is 5.69 Å². The number of hydrogen-bond donors (Lipinski definition) is 1. The van der Waals surface area contributed by atoms with E-state index in [0.717, 1.165) is 0 Å². The molecular formula is C13H14N2O5. The number of nitrogens with zero attached hydrogens (tertiary/aromatic N) is 2. The number of carbonyl (C=O) groups excluding carboxylic acids is 2. The van der Waals surface area contributed by atoms with Crippen molar-refractivity contribution in [2.75, 3.05) is 32.1 Å². The number of piperazine rings is 1. The van der Waals surface area contributed by atoms with Gasteiger partial charge in [-0.2, -0.15) is 0 Å². The van der Waals surface area contributed by atoms with Crippen LogP contribution < -0.4 is 9.64 Å². The van der Waals surface area contributed by atoms with Gasteiger partial charge in [0.1, 0.15) is 17.9 Å². The Morgan fingerprint density at radius 1 is 1.25 bits per heavy atom. The molecule has 2 amide bonds. The summed E-state index contributed by atoms with van der Waals surface area (Å²) in [6.07, 6.45) is 0. The normalized spacial score (nSPS) is 15.5. The number of anilines is 1. The number of amides is 2. The Kier molecular flexibility index (Phi) is 3.60. The number of carbonyl (C=O) groups is 3. The second kappa shape index (κ2) is 5.20. The molecule has 0 atom stereocenters. The average molecular weight is 278 g/mol. The maximum absolute atomic E-state index is 11.9. The second-order valence-electron chi connectivity index (χ2n) is 4.42. The van der Waals surface area contributed by atoms with Gasteiger partial charge >= 0.3 is 5.97 Å². The Bertz CT molecular complexity index is 584. The van der Waals surface area contributed by atoms with Gasteiger partial charge in [0.25, 0.3) is 0 Å². The zero-order chi connectivity index (χ0) is 14.9. The molecule has 1 heterocycles. The Labute approximate surface area is 115 Å². The van der Waals surface area contributed by atoms with Gasteiger partial charge in [0.15, 0.2) is 0 Å². The van der Waals surface area contributed by atoms with Gasteiger partial charge in [0.05, 0.1) is 13.7 Å². The van der Waals surface area contributed by atoms with Crippen molar-refractivity contribution in [3.05, 3.63) is 23.8 Å². The molecule has 1 N–H and O–H groups in total. The number of hydrogen-bond acceptors (Lipinski definition) is 4. The molecule has 2 rings (SSSR count). The molecule has 0 saturated carbocycles. The lowest BCUT2D eigenvalue weighted by Crippen LogP contribution is -2.52. The van der Waals surface area contributed by atoms with Crippen molar-refractivity contribution in [2.45, 2.75) is 0 Å². The van der Waals surface area contributed by atoms with Crippen molar-refractivity contribution in [2.24, 2.45) is 0 Å². The van der Waals surface area contributed by atoms with E-state index in [0.29, 0.717) is 5.69 Å². The average Bonchev–Trinajstić information content (AvgIpc) is 2.42. The molecule has 0 bridgehead atoms. The molecule has 7 heteroatoms. The zero-order valence-corrected chi connectivity index (χ0v) is 11.1. The van der Waals surface area contributed by atoms with Gasteiger partial charge in [-0.15, -0.1) is 0 Å². The van der Waals surface area contributed by atoms with Crippen LogP contribution in [0.5, 0.6) is 5.75 Å². The molecular weight excluding hydrogens is 264 g/mol. The molecule has 0 aromatic heterocycles. The first-order chi connectivity index (χ1) is 9.43. The monoisotopic (exact) mass is 278 g/mol. The lowest BCUT2D eigenvalue weighted by Gasteiger charge is -2.31. The van der Waals surface area contributed by atoms with E-state index in [-0.39, 0.29) is 36.2 Å². The number of carboxylic acid groups (broad SMARTS) is 1. The predicted octanol–water partition coefficient (Wildman–Crippen LogP) is 0.198. The van der Waals surface area contributed by atoms with Crippen LogP contribution in [0.15, 0.2) is 18.2 Å². The first kappa shape index (κ1) is 13.9. The SMILES string of the molecule is COc1cc(N2CC(=O)N(C)CC2=O)ccc1C(=O)O. The highest BCUT2D eigenvalue weighted by Gasteiger charge is 2.29. The zero-order valence-electron chi connectivity index (χ0n) is 11.1.